The number of aromatic nitrogens is 1. The molecule has 1 aliphatic rings. The molecule has 1 aliphatic heterocycles. The number of hydrogen-bond acceptors (Lipinski definition) is 15. The summed E-state index contributed by atoms with van der Waals surface area (Å²) in [7, 11) is 3.09. The zero-order valence-corrected chi connectivity index (χ0v) is 31.0. The van der Waals surface area contributed by atoms with E-state index in [2.05, 4.69) is 20.5 Å². The summed E-state index contributed by atoms with van der Waals surface area (Å²) in [5.74, 6) is -3.21. The molecule has 1 saturated heterocycles. The maximum atomic E-state index is 12.2. The normalized spacial score (nSPS) is 15.8. The van der Waals surface area contributed by atoms with Crippen molar-refractivity contribution in [3.63, 3.8) is 0 Å². The van der Waals surface area contributed by atoms with Crippen LogP contribution in [0.4, 0.5) is 0 Å². The van der Waals surface area contributed by atoms with Crippen molar-refractivity contribution in [3.05, 3.63) is 24.4 Å². The largest absolute Gasteiger partial charge is 3.00 e. The first-order valence-corrected chi connectivity index (χ1v) is 18.2. The summed E-state index contributed by atoms with van der Waals surface area (Å²) in [4.78, 5) is 69.5. The second kappa shape index (κ2) is 27.1. The van der Waals surface area contributed by atoms with Gasteiger partial charge >= 0.3 is 39.9 Å². The topological polar surface area (TPSA) is 204 Å². The van der Waals surface area contributed by atoms with E-state index < -0.39 is 17.9 Å². The number of aliphatic carboxylic acids is 3. The van der Waals surface area contributed by atoms with Crippen LogP contribution in [0.5, 0.6) is 0 Å². The second-order valence-electron chi connectivity index (χ2n) is 11.1. The van der Waals surface area contributed by atoms with Gasteiger partial charge < -0.3 is 45.2 Å². The Balaban J connectivity index is 0.0000115. The monoisotopic (exact) mass is 854 g/mol. The van der Waals surface area contributed by atoms with Gasteiger partial charge in [0.2, 0.25) is 11.8 Å². The fourth-order valence-corrected chi connectivity index (χ4v) is 6.70. The molecule has 0 spiro atoms. The molecular formula is C30H46GdN7O8S2. The van der Waals surface area contributed by atoms with Crippen LogP contribution in [0.2, 0.25) is 0 Å². The third kappa shape index (κ3) is 22.9. The number of carboxylic acids is 3. The van der Waals surface area contributed by atoms with Crippen LogP contribution in [0.25, 0.3) is 0 Å². The number of amides is 2. The molecule has 15 nitrogen and oxygen atoms in total. The minimum Gasteiger partial charge on any atom is -0.549 e. The Morgan fingerprint density at radius 2 is 1.15 bits per heavy atom. The van der Waals surface area contributed by atoms with E-state index in [9.17, 15) is 39.3 Å². The van der Waals surface area contributed by atoms with E-state index in [0.717, 1.165) is 17.9 Å². The molecule has 48 heavy (non-hydrogen) atoms. The molecule has 18 heteroatoms. The van der Waals surface area contributed by atoms with Gasteiger partial charge in [-0.1, -0.05) is 23.3 Å². The van der Waals surface area contributed by atoms with Crippen molar-refractivity contribution in [3.8, 4) is 0 Å². The zero-order chi connectivity index (χ0) is 34.3. The quantitative estimate of drug-likeness (QED) is 0.0965. The van der Waals surface area contributed by atoms with Crippen molar-refractivity contribution in [2.24, 2.45) is 0 Å². The Morgan fingerprint density at radius 1 is 0.667 bits per heavy atom. The van der Waals surface area contributed by atoms with Gasteiger partial charge in [-0.2, -0.15) is 0 Å². The second-order valence-corrected chi connectivity index (χ2v) is 13.6. The fourth-order valence-electron chi connectivity index (χ4n) is 4.84. The Labute approximate surface area is 322 Å². The number of rotatable bonds is 20. The van der Waals surface area contributed by atoms with Gasteiger partial charge in [0.1, 0.15) is 5.03 Å². The van der Waals surface area contributed by atoms with Gasteiger partial charge in [0.15, 0.2) is 0 Å². The molecule has 2 amide bonds. The van der Waals surface area contributed by atoms with Crippen LogP contribution in [-0.2, 0) is 24.0 Å². The first-order valence-electron chi connectivity index (χ1n) is 15.8. The summed E-state index contributed by atoms with van der Waals surface area (Å²) in [5.41, 5.74) is 0. The van der Waals surface area contributed by atoms with E-state index in [4.69, 9.17) is 0 Å². The van der Waals surface area contributed by atoms with Crippen LogP contribution < -0.4 is 26.0 Å². The predicted octanol–water partition coefficient (Wildman–Crippen LogP) is -3.52. The Hall–Kier alpha value is -1.64. The van der Waals surface area contributed by atoms with Crippen LogP contribution in [0, 0.1) is 39.9 Å². The van der Waals surface area contributed by atoms with Crippen LogP contribution in [0.15, 0.2) is 29.4 Å². The number of nitrogens with zero attached hydrogens (tertiary/aromatic N) is 5. The molecule has 2 heterocycles. The van der Waals surface area contributed by atoms with E-state index in [0.29, 0.717) is 83.9 Å². The van der Waals surface area contributed by atoms with Gasteiger partial charge in [-0.15, -0.1) is 0 Å². The van der Waals surface area contributed by atoms with Crippen molar-refractivity contribution in [1.82, 2.24) is 35.2 Å². The molecule has 0 saturated carbocycles. The molecule has 1 aromatic rings. The summed E-state index contributed by atoms with van der Waals surface area (Å²) >= 11 is 0. The maximum absolute atomic E-state index is 12.2. The summed E-state index contributed by atoms with van der Waals surface area (Å²) in [6.07, 6.45) is 4.72. The average Bonchev–Trinajstić information content (AvgIpc) is 3.02. The predicted molar refractivity (Wildman–Crippen MR) is 172 cm³/mol. The summed E-state index contributed by atoms with van der Waals surface area (Å²) in [6.45, 7) is 3.53. The minimum atomic E-state index is -1.26. The smallest absolute Gasteiger partial charge is 0.549 e. The van der Waals surface area contributed by atoms with Gasteiger partial charge in [0.25, 0.3) is 0 Å². The third-order valence-electron chi connectivity index (χ3n) is 7.33. The van der Waals surface area contributed by atoms with Crippen LogP contribution >= 0.6 is 21.6 Å². The molecule has 0 atom stereocenters. The number of pyridine rings is 1. The third-order valence-corrected chi connectivity index (χ3v) is 9.60. The van der Waals surface area contributed by atoms with Crippen molar-refractivity contribution < 1.29 is 79.2 Å². The number of hydrogen-bond donors (Lipinski definition) is 2. The SMILES string of the molecule is O=C([O-])CN1CCN(CCCCCC(=O)NCCNC(=O)CCSSc2ccccn2)CCN(CC(=O)[O-])CCN(CC(=O)[O-])CC1.[Gd+3]. The fraction of sp³-hybridized carbons (Fsp3) is 0.667. The first-order chi connectivity index (χ1) is 22.6. The number of carbonyl (C=O) groups is 5. The first kappa shape index (κ1) is 44.4. The molecular weight excluding hydrogens is 808 g/mol. The van der Waals surface area contributed by atoms with E-state index >= 15 is 0 Å². The Morgan fingerprint density at radius 3 is 1.60 bits per heavy atom. The van der Waals surface area contributed by atoms with Crippen molar-refractivity contribution in [1.29, 1.82) is 0 Å². The summed E-state index contributed by atoms with van der Waals surface area (Å²) < 4.78 is 0. The molecule has 1 fully saturated rings. The van der Waals surface area contributed by atoms with Gasteiger partial charge in [-0.05, 0) is 42.3 Å². The molecule has 2 N–H and O–H groups in total. The molecule has 269 valence electrons. The van der Waals surface area contributed by atoms with Crippen molar-refractivity contribution in [2.75, 3.05) is 97.4 Å². The van der Waals surface area contributed by atoms with Gasteiger partial charge in [-0.25, -0.2) is 4.98 Å². The summed E-state index contributed by atoms with van der Waals surface area (Å²) in [5, 5.41) is 40.4. The molecule has 2 rings (SSSR count). The molecule has 1 radical (unpaired) electrons. The maximum Gasteiger partial charge on any atom is 3.00 e. The van der Waals surface area contributed by atoms with Gasteiger partial charge in [-0.3, -0.25) is 24.3 Å². The van der Waals surface area contributed by atoms with E-state index in [1.165, 1.54) is 10.8 Å². The molecule has 0 aromatic carbocycles. The van der Waals surface area contributed by atoms with Crippen LogP contribution in [-0.4, -0.2) is 152 Å². The summed E-state index contributed by atoms with van der Waals surface area (Å²) in [6, 6.07) is 5.68. The number of unbranched alkanes of at least 4 members (excludes halogenated alkanes) is 2. The number of carboxylic acid groups (broad SMARTS) is 3. The van der Waals surface area contributed by atoms with Crippen molar-refractivity contribution >= 4 is 51.3 Å². The Bertz CT molecular complexity index is 1080. The number of carbonyl (C=O) groups excluding carboxylic acids is 5. The van der Waals surface area contributed by atoms with E-state index in [-0.39, 0.29) is 84.5 Å². The van der Waals surface area contributed by atoms with Crippen LogP contribution in [0.3, 0.4) is 0 Å². The van der Waals surface area contributed by atoms with Crippen molar-refractivity contribution in [2.45, 2.75) is 37.1 Å². The van der Waals surface area contributed by atoms with E-state index in [1.807, 2.05) is 18.2 Å². The molecule has 1 aromatic heterocycles. The van der Waals surface area contributed by atoms with Gasteiger partial charge in [0.05, 0.1) is 17.9 Å². The average molecular weight is 854 g/mol. The van der Waals surface area contributed by atoms with Gasteiger partial charge in [0, 0.05) is 110 Å². The molecule has 0 unspecified atom stereocenters. The van der Waals surface area contributed by atoms with Crippen LogP contribution in [0.1, 0.15) is 32.1 Å². The number of nitrogens with one attached hydrogen (secondary N) is 2. The van der Waals surface area contributed by atoms with E-state index in [1.54, 1.807) is 31.7 Å². The molecule has 0 bridgehead atoms. The minimum absolute atomic E-state index is 0. The zero-order valence-electron chi connectivity index (χ0n) is 27.1. The Kier molecular flexibility index (Phi) is 25.1. The molecule has 0 aliphatic carbocycles. The standard InChI is InChI=1S/C30H49N7O8S2.Gd/c38-25(31-10-11-32-26(39)8-21-46-47-27-7-3-4-9-33-27)6-2-1-5-12-34-13-15-35(22-28(40)41)17-19-37(24-30(44)45)20-18-36(16-14-34)23-29(42)43;/h3-4,7,9H,1-2,5-6,8,10-24H2,(H,31,38)(H,32,39)(H,40,41)(H,42,43)(H,44,45);/q;+3/p-3.